The highest BCUT2D eigenvalue weighted by Crippen LogP contribution is 2.36. The summed E-state index contributed by atoms with van der Waals surface area (Å²) in [4.78, 5) is 16.7. The van der Waals surface area contributed by atoms with Crippen molar-refractivity contribution in [3.05, 3.63) is 83.6 Å². The molecule has 1 aromatic heterocycles. The Bertz CT molecular complexity index is 856. The number of hydrogen-bond acceptors (Lipinski definition) is 3. The van der Waals surface area contributed by atoms with Crippen LogP contribution in [0, 0.1) is 0 Å². The van der Waals surface area contributed by atoms with Crippen LogP contribution in [0.3, 0.4) is 0 Å². The number of aromatic nitrogens is 1. The van der Waals surface area contributed by atoms with Crippen LogP contribution in [0.15, 0.2) is 66.9 Å². The van der Waals surface area contributed by atoms with Crippen molar-refractivity contribution in [1.82, 2.24) is 4.98 Å². The molecule has 3 heteroatoms. The predicted molar refractivity (Wildman–Crippen MR) is 83.9 cm³/mol. The maximum absolute atomic E-state index is 12.4. The fourth-order valence-corrected chi connectivity index (χ4v) is 2.70. The van der Waals surface area contributed by atoms with E-state index >= 15 is 0 Å². The second-order valence-electron chi connectivity index (χ2n) is 5.21. The molecule has 0 bridgehead atoms. The van der Waals surface area contributed by atoms with Crippen LogP contribution in [0.2, 0.25) is 0 Å². The number of benzene rings is 2. The highest BCUT2D eigenvalue weighted by atomic mass is 16.5. The molecule has 2 aromatic carbocycles. The third-order valence-corrected chi connectivity index (χ3v) is 3.79. The van der Waals surface area contributed by atoms with Crippen LogP contribution in [0.25, 0.3) is 11.3 Å². The SMILES string of the molecule is O=C1c2cc(OCc3ccccc3)ccc2-c2ncccc21. The van der Waals surface area contributed by atoms with Gasteiger partial charge < -0.3 is 4.74 Å². The lowest BCUT2D eigenvalue weighted by Gasteiger charge is -2.07. The number of fused-ring (bicyclic) bond motifs is 3. The van der Waals surface area contributed by atoms with Crippen LogP contribution in [-0.4, -0.2) is 10.8 Å². The van der Waals surface area contributed by atoms with E-state index in [0.717, 1.165) is 16.8 Å². The summed E-state index contributed by atoms with van der Waals surface area (Å²) in [5.74, 6) is 0.715. The number of pyridine rings is 1. The highest BCUT2D eigenvalue weighted by Gasteiger charge is 2.27. The summed E-state index contributed by atoms with van der Waals surface area (Å²) in [7, 11) is 0. The molecular weight excluding hydrogens is 274 g/mol. The first-order chi connectivity index (χ1) is 10.8. The number of ether oxygens (including phenoxy) is 1. The van der Waals surface area contributed by atoms with E-state index in [1.807, 2.05) is 54.6 Å². The second-order valence-corrected chi connectivity index (χ2v) is 5.21. The lowest BCUT2D eigenvalue weighted by Crippen LogP contribution is -1.98. The third-order valence-electron chi connectivity index (χ3n) is 3.79. The Morgan fingerprint density at radius 2 is 1.73 bits per heavy atom. The molecule has 0 saturated heterocycles. The summed E-state index contributed by atoms with van der Waals surface area (Å²) in [6.07, 6.45) is 1.71. The minimum atomic E-state index is 0.0169. The molecule has 1 aliphatic carbocycles. The van der Waals surface area contributed by atoms with Crippen LogP contribution in [0.1, 0.15) is 21.5 Å². The molecular formula is C19H13NO2. The average molecular weight is 287 g/mol. The highest BCUT2D eigenvalue weighted by molar-refractivity contribution is 6.21. The molecule has 1 heterocycles. The first-order valence-corrected chi connectivity index (χ1v) is 7.14. The Morgan fingerprint density at radius 3 is 2.59 bits per heavy atom. The maximum Gasteiger partial charge on any atom is 0.196 e. The first-order valence-electron chi connectivity index (χ1n) is 7.14. The number of hydrogen-bond donors (Lipinski definition) is 0. The van der Waals surface area contributed by atoms with E-state index in [-0.39, 0.29) is 5.78 Å². The number of nitrogens with zero attached hydrogens (tertiary/aromatic N) is 1. The number of ketones is 1. The minimum Gasteiger partial charge on any atom is -0.489 e. The third kappa shape index (κ3) is 2.07. The molecule has 3 nitrogen and oxygen atoms in total. The van der Waals surface area contributed by atoms with E-state index in [1.165, 1.54) is 0 Å². The maximum atomic E-state index is 12.4. The molecule has 1 aliphatic rings. The molecule has 0 aliphatic heterocycles. The quantitative estimate of drug-likeness (QED) is 0.574. The Hall–Kier alpha value is -2.94. The monoisotopic (exact) mass is 287 g/mol. The van der Waals surface area contributed by atoms with Crippen LogP contribution in [0.4, 0.5) is 0 Å². The molecule has 106 valence electrons. The summed E-state index contributed by atoms with van der Waals surface area (Å²) < 4.78 is 5.79. The molecule has 3 aromatic rings. The van der Waals surface area contributed by atoms with Crippen molar-refractivity contribution < 1.29 is 9.53 Å². The van der Waals surface area contributed by atoms with Gasteiger partial charge in [-0.15, -0.1) is 0 Å². The molecule has 0 unspecified atom stereocenters. The van der Waals surface area contributed by atoms with Gasteiger partial charge in [-0.05, 0) is 35.9 Å². The molecule has 4 rings (SSSR count). The van der Waals surface area contributed by atoms with Gasteiger partial charge in [-0.2, -0.15) is 0 Å². The van der Waals surface area contributed by atoms with Crippen molar-refractivity contribution in [2.24, 2.45) is 0 Å². The molecule has 0 atom stereocenters. The average Bonchev–Trinajstić information content (AvgIpc) is 2.87. The molecule has 0 radical (unpaired) electrons. The van der Waals surface area contributed by atoms with Gasteiger partial charge in [0.2, 0.25) is 0 Å². The van der Waals surface area contributed by atoms with E-state index in [2.05, 4.69) is 4.98 Å². The smallest absolute Gasteiger partial charge is 0.196 e. The van der Waals surface area contributed by atoms with E-state index in [9.17, 15) is 4.79 Å². The largest absolute Gasteiger partial charge is 0.489 e. The van der Waals surface area contributed by atoms with Crippen LogP contribution in [-0.2, 0) is 6.61 Å². The Morgan fingerprint density at radius 1 is 0.864 bits per heavy atom. The molecule has 0 N–H and O–H groups in total. The van der Waals surface area contributed by atoms with Crippen molar-refractivity contribution in [2.45, 2.75) is 6.61 Å². The van der Waals surface area contributed by atoms with E-state index in [1.54, 1.807) is 12.3 Å². The molecule has 0 fully saturated rings. The minimum absolute atomic E-state index is 0.0169. The summed E-state index contributed by atoms with van der Waals surface area (Å²) in [6, 6.07) is 19.2. The lowest BCUT2D eigenvalue weighted by molar-refractivity contribution is 0.104. The predicted octanol–water partition coefficient (Wildman–Crippen LogP) is 3.87. The van der Waals surface area contributed by atoms with Gasteiger partial charge in [-0.25, -0.2) is 0 Å². The summed E-state index contributed by atoms with van der Waals surface area (Å²) >= 11 is 0. The summed E-state index contributed by atoms with van der Waals surface area (Å²) in [5, 5.41) is 0. The van der Waals surface area contributed by atoms with Gasteiger partial charge >= 0.3 is 0 Å². The normalized spacial score (nSPS) is 11.9. The zero-order valence-corrected chi connectivity index (χ0v) is 11.8. The topological polar surface area (TPSA) is 39.2 Å². The van der Waals surface area contributed by atoms with Crippen LogP contribution in [0.5, 0.6) is 5.75 Å². The first kappa shape index (κ1) is 12.8. The van der Waals surface area contributed by atoms with Crippen molar-refractivity contribution >= 4 is 5.78 Å². The summed E-state index contributed by atoms with van der Waals surface area (Å²) in [6.45, 7) is 0.485. The molecule has 0 amide bonds. The van der Waals surface area contributed by atoms with Gasteiger partial charge in [-0.1, -0.05) is 30.3 Å². The molecule has 0 saturated carbocycles. The van der Waals surface area contributed by atoms with Crippen LogP contribution >= 0.6 is 0 Å². The zero-order chi connectivity index (χ0) is 14.9. The Kier molecular flexibility index (Phi) is 2.97. The van der Waals surface area contributed by atoms with Gasteiger partial charge in [0.05, 0.1) is 5.69 Å². The van der Waals surface area contributed by atoms with Crippen molar-refractivity contribution in [3.8, 4) is 17.0 Å². The van der Waals surface area contributed by atoms with Gasteiger partial charge in [0.1, 0.15) is 12.4 Å². The van der Waals surface area contributed by atoms with Gasteiger partial charge in [-0.3, -0.25) is 9.78 Å². The zero-order valence-electron chi connectivity index (χ0n) is 11.8. The molecule has 22 heavy (non-hydrogen) atoms. The standard InChI is InChI=1S/C19H13NO2/c21-19-16-7-4-10-20-18(16)15-9-8-14(11-17(15)19)22-12-13-5-2-1-3-6-13/h1-11H,12H2. The van der Waals surface area contributed by atoms with Crippen LogP contribution < -0.4 is 4.74 Å². The Labute approximate surface area is 128 Å². The number of carbonyl (C=O) groups excluding carboxylic acids is 1. The van der Waals surface area contributed by atoms with Crippen molar-refractivity contribution in [3.63, 3.8) is 0 Å². The van der Waals surface area contributed by atoms with Crippen molar-refractivity contribution in [1.29, 1.82) is 0 Å². The fourth-order valence-electron chi connectivity index (χ4n) is 2.70. The molecule has 0 spiro atoms. The van der Waals surface area contributed by atoms with E-state index in [4.69, 9.17) is 4.74 Å². The van der Waals surface area contributed by atoms with Crippen molar-refractivity contribution in [2.75, 3.05) is 0 Å². The van der Waals surface area contributed by atoms with Gasteiger partial charge in [0.15, 0.2) is 5.78 Å². The number of carbonyl (C=O) groups is 1. The van der Waals surface area contributed by atoms with E-state index < -0.39 is 0 Å². The summed E-state index contributed by atoms with van der Waals surface area (Å²) in [5.41, 5.74) is 4.07. The Balaban J connectivity index is 1.62. The second kappa shape index (κ2) is 5.11. The number of rotatable bonds is 3. The van der Waals surface area contributed by atoms with E-state index in [0.29, 0.717) is 23.5 Å². The van der Waals surface area contributed by atoms with Gasteiger partial charge in [0.25, 0.3) is 0 Å². The van der Waals surface area contributed by atoms with Gasteiger partial charge in [0, 0.05) is 22.9 Å². The lowest BCUT2D eigenvalue weighted by atomic mass is 10.1. The fraction of sp³-hybridized carbons (Fsp3) is 0.0526.